The Balaban J connectivity index is 1.65. The first-order valence-electron chi connectivity index (χ1n) is 9.46. The Morgan fingerprint density at radius 1 is 1.36 bits per heavy atom. The number of benzene rings is 1. The summed E-state index contributed by atoms with van der Waals surface area (Å²) < 4.78 is 6.79. The molecule has 1 fully saturated rings. The molecule has 0 spiro atoms. The van der Waals surface area contributed by atoms with Crippen molar-refractivity contribution in [1.82, 2.24) is 14.9 Å². The van der Waals surface area contributed by atoms with Gasteiger partial charge in [0.15, 0.2) is 0 Å². The van der Waals surface area contributed by atoms with E-state index in [9.17, 15) is 9.59 Å². The number of rotatable bonds is 6. The zero-order chi connectivity index (χ0) is 19.8. The molecular formula is C21H23N3O3S. The fraction of sp³-hybridized carbons (Fsp3) is 0.381. The van der Waals surface area contributed by atoms with Gasteiger partial charge >= 0.3 is 0 Å². The smallest absolute Gasteiger partial charge is 0.262 e. The molecule has 3 aromatic rings. The van der Waals surface area contributed by atoms with E-state index in [0.29, 0.717) is 33.1 Å². The van der Waals surface area contributed by atoms with Gasteiger partial charge in [0.05, 0.1) is 29.7 Å². The highest BCUT2D eigenvalue weighted by Gasteiger charge is 2.34. The van der Waals surface area contributed by atoms with Gasteiger partial charge in [0.25, 0.3) is 11.5 Å². The molecule has 1 N–H and O–H groups in total. The lowest BCUT2D eigenvalue weighted by Crippen LogP contribution is -2.29. The average Bonchev–Trinajstić information content (AvgIpc) is 3.49. The van der Waals surface area contributed by atoms with Crippen molar-refractivity contribution in [3.05, 3.63) is 57.0 Å². The number of hydrogen-bond acceptors (Lipinski definition) is 5. The van der Waals surface area contributed by atoms with Gasteiger partial charge in [-0.1, -0.05) is 12.1 Å². The third-order valence-corrected chi connectivity index (χ3v) is 6.52. The lowest BCUT2D eigenvalue weighted by atomic mass is 10.0. The van der Waals surface area contributed by atoms with Crippen molar-refractivity contribution in [2.75, 3.05) is 7.11 Å². The molecule has 1 aromatic carbocycles. The van der Waals surface area contributed by atoms with E-state index in [1.165, 1.54) is 11.3 Å². The van der Waals surface area contributed by atoms with Crippen LogP contribution in [0.2, 0.25) is 0 Å². The number of carbonyl (C=O) groups excluding carboxylic acids is 1. The van der Waals surface area contributed by atoms with Crippen LogP contribution in [0.5, 0.6) is 5.75 Å². The molecule has 2 heterocycles. The van der Waals surface area contributed by atoms with Crippen molar-refractivity contribution in [3.8, 4) is 5.75 Å². The van der Waals surface area contributed by atoms with Gasteiger partial charge in [-0.3, -0.25) is 14.2 Å². The van der Waals surface area contributed by atoms with E-state index in [4.69, 9.17) is 4.74 Å². The van der Waals surface area contributed by atoms with Gasteiger partial charge in [-0.05, 0) is 55.9 Å². The zero-order valence-corrected chi connectivity index (χ0v) is 17.0. The summed E-state index contributed by atoms with van der Waals surface area (Å²) in [6.45, 7) is 4.29. The molecule has 1 aliphatic carbocycles. The number of amides is 1. The van der Waals surface area contributed by atoms with Crippen molar-refractivity contribution in [1.29, 1.82) is 0 Å². The number of nitrogens with one attached hydrogen (secondary N) is 1. The number of carbonyl (C=O) groups is 1. The van der Waals surface area contributed by atoms with Crippen LogP contribution in [0.1, 0.15) is 46.6 Å². The quantitative estimate of drug-likeness (QED) is 0.689. The van der Waals surface area contributed by atoms with E-state index in [2.05, 4.69) is 10.3 Å². The van der Waals surface area contributed by atoms with Crippen LogP contribution in [-0.4, -0.2) is 22.6 Å². The van der Waals surface area contributed by atoms with E-state index in [0.717, 1.165) is 24.2 Å². The Morgan fingerprint density at radius 2 is 2.07 bits per heavy atom. The fourth-order valence-electron chi connectivity index (χ4n) is 3.52. The van der Waals surface area contributed by atoms with Gasteiger partial charge < -0.3 is 10.1 Å². The Kier molecular flexibility index (Phi) is 4.93. The number of aryl methyl sites for hydroxylation is 2. The Morgan fingerprint density at radius 3 is 2.68 bits per heavy atom. The molecule has 4 rings (SSSR count). The molecule has 1 aliphatic rings. The first-order chi connectivity index (χ1) is 13.5. The van der Waals surface area contributed by atoms with Crippen molar-refractivity contribution in [2.45, 2.75) is 39.3 Å². The molecule has 1 amide bonds. The number of nitrogens with zero attached hydrogens (tertiary/aromatic N) is 2. The Labute approximate surface area is 167 Å². The molecule has 6 nitrogen and oxygen atoms in total. The van der Waals surface area contributed by atoms with Gasteiger partial charge in [-0.15, -0.1) is 11.3 Å². The number of fused-ring (bicyclic) bond motifs is 1. The molecule has 1 atom stereocenters. The van der Waals surface area contributed by atoms with Crippen LogP contribution >= 0.6 is 11.3 Å². The molecule has 1 saturated carbocycles. The summed E-state index contributed by atoms with van der Waals surface area (Å²) in [5, 5.41) is 3.74. The van der Waals surface area contributed by atoms with Gasteiger partial charge in [-0.2, -0.15) is 0 Å². The second-order valence-electron chi connectivity index (χ2n) is 7.13. The summed E-state index contributed by atoms with van der Waals surface area (Å²) in [5.41, 5.74) is 1.69. The Hall–Kier alpha value is -2.67. The first kappa shape index (κ1) is 18.7. The molecule has 0 saturated heterocycles. The van der Waals surface area contributed by atoms with Crippen molar-refractivity contribution >= 4 is 27.5 Å². The summed E-state index contributed by atoms with van der Waals surface area (Å²) in [5.74, 6) is 1.10. The van der Waals surface area contributed by atoms with Crippen molar-refractivity contribution in [3.63, 3.8) is 0 Å². The standard InChI is InChI=1S/C21H23N3O3S/c1-4-24-11-22-20-16(21(24)26)12(2)18(28-20)19(25)23-17(13-5-6-13)14-7-9-15(27-3)10-8-14/h7-11,13,17H,4-6H2,1-3H3,(H,23,25)/t17-/m1/s1. The monoisotopic (exact) mass is 397 g/mol. The lowest BCUT2D eigenvalue weighted by molar-refractivity contribution is 0.0935. The molecule has 7 heteroatoms. The van der Waals surface area contributed by atoms with Crippen molar-refractivity contribution < 1.29 is 9.53 Å². The van der Waals surface area contributed by atoms with Gasteiger partial charge in [0.1, 0.15) is 10.6 Å². The summed E-state index contributed by atoms with van der Waals surface area (Å²) in [6, 6.07) is 7.79. The number of ether oxygens (including phenoxy) is 1. The normalized spacial score (nSPS) is 14.8. The predicted molar refractivity (Wildman–Crippen MR) is 110 cm³/mol. The number of thiophene rings is 1. The molecule has 0 unspecified atom stereocenters. The molecule has 146 valence electrons. The Bertz CT molecular complexity index is 1080. The fourth-order valence-corrected chi connectivity index (χ4v) is 4.56. The van der Waals surface area contributed by atoms with E-state index in [1.807, 2.05) is 38.1 Å². The summed E-state index contributed by atoms with van der Waals surface area (Å²) in [4.78, 5) is 31.2. The maximum Gasteiger partial charge on any atom is 0.262 e. The molecule has 2 aromatic heterocycles. The number of hydrogen-bond donors (Lipinski definition) is 1. The maximum absolute atomic E-state index is 13.1. The highest BCUT2D eigenvalue weighted by molar-refractivity contribution is 7.20. The second kappa shape index (κ2) is 7.39. The predicted octanol–water partition coefficient (Wildman–Crippen LogP) is 3.68. The first-order valence-corrected chi connectivity index (χ1v) is 10.3. The summed E-state index contributed by atoms with van der Waals surface area (Å²) in [7, 11) is 1.64. The second-order valence-corrected chi connectivity index (χ2v) is 8.13. The largest absolute Gasteiger partial charge is 0.497 e. The van der Waals surface area contributed by atoms with E-state index >= 15 is 0 Å². The van der Waals surface area contributed by atoms with Gasteiger partial charge in [0, 0.05) is 6.54 Å². The van der Waals surface area contributed by atoms with E-state index in [-0.39, 0.29) is 17.5 Å². The minimum atomic E-state index is -0.143. The molecular weight excluding hydrogens is 374 g/mol. The third-order valence-electron chi connectivity index (χ3n) is 5.32. The van der Waals surface area contributed by atoms with Crippen LogP contribution in [0, 0.1) is 12.8 Å². The highest BCUT2D eigenvalue weighted by Crippen LogP contribution is 2.41. The lowest BCUT2D eigenvalue weighted by Gasteiger charge is -2.19. The summed E-state index contributed by atoms with van der Waals surface area (Å²) in [6.07, 6.45) is 3.75. The van der Waals surface area contributed by atoms with E-state index in [1.54, 1.807) is 18.0 Å². The molecule has 0 radical (unpaired) electrons. The highest BCUT2D eigenvalue weighted by atomic mass is 32.1. The zero-order valence-electron chi connectivity index (χ0n) is 16.2. The number of methoxy groups -OCH3 is 1. The third kappa shape index (κ3) is 3.30. The molecule has 28 heavy (non-hydrogen) atoms. The molecule has 0 aliphatic heterocycles. The van der Waals surface area contributed by atoms with Crippen LogP contribution in [0.4, 0.5) is 0 Å². The van der Waals surface area contributed by atoms with Gasteiger partial charge in [0.2, 0.25) is 0 Å². The van der Waals surface area contributed by atoms with Crippen LogP contribution < -0.4 is 15.6 Å². The van der Waals surface area contributed by atoms with Crippen LogP contribution in [-0.2, 0) is 6.54 Å². The topological polar surface area (TPSA) is 73.2 Å². The SMILES string of the molecule is CCn1cnc2sc(C(=O)N[C@@H](c3ccc(OC)cc3)C3CC3)c(C)c2c1=O. The van der Waals surface area contributed by atoms with Crippen LogP contribution in [0.3, 0.4) is 0 Å². The van der Waals surface area contributed by atoms with Crippen LogP contribution in [0.15, 0.2) is 35.4 Å². The number of aromatic nitrogens is 2. The van der Waals surface area contributed by atoms with Crippen molar-refractivity contribution in [2.24, 2.45) is 5.92 Å². The minimum absolute atomic E-state index is 0.0386. The minimum Gasteiger partial charge on any atom is -0.497 e. The van der Waals surface area contributed by atoms with E-state index < -0.39 is 0 Å². The average molecular weight is 398 g/mol. The van der Waals surface area contributed by atoms with Gasteiger partial charge in [-0.25, -0.2) is 4.98 Å². The molecule has 0 bridgehead atoms. The summed E-state index contributed by atoms with van der Waals surface area (Å²) >= 11 is 1.28. The maximum atomic E-state index is 13.1. The van der Waals surface area contributed by atoms with Crippen LogP contribution in [0.25, 0.3) is 10.2 Å².